The number of hydrogen-bond donors (Lipinski definition) is 1. The van der Waals surface area contributed by atoms with E-state index in [4.69, 9.17) is 9.47 Å². The number of methoxy groups -OCH3 is 1. The molecular weight excluding hydrogens is 423 g/mol. The van der Waals surface area contributed by atoms with Gasteiger partial charge in [0.2, 0.25) is 0 Å². The number of epoxide rings is 1. The first kappa shape index (κ1) is 24.4. The molecule has 170 valence electrons. The van der Waals surface area contributed by atoms with Crippen LogP contribution >= 0.6 is 0 Å². The van der Waals surface area contributed by atoms with Gasteiger partial charge >= 0.3 is 35.5 Å². The fraction of sp³-hybridized carbons (Fsp3) is 0.792. The van der Waals surface area contributed by atoms with Crippen molar-refractivity contribution < 1.29 is 63.6 Å². The smallest absolute Gasteiger partial charge is 0.550 e. The number of fused-ring (bicyclic) bond motifs is 3. The van der Waals surface area contributed by atoms with Crippen LogP contribution in [0.2, 0.25) is 0 Å². The van der Waals surface area contributed by atoms with Crippen LogP contribution in [0, 0.1) is 28.6 Å². The predicted molar refractivity (Wildman–Crippen MR) is 106 cm³/mol. The number of aliphatic hydroxyl groups is 1. The number of ketones is 1. The van der Waals surface area contributed by atoms with Gasteiger partial charge < -0.3 is 24.5 Å². The summed E-state index contributed by atoms with van der Waals surface area (Å²) in [4.78, 5) is 36.3. The Hall–Kier alpha value is -0.730. The Balaban J connectivity index is 0.00000245. The van der Waals surface area contributed by atoms with E-state index in [2.05, 4.69) is 6.92 Å². The van der Waals surface area contributed by atoms with Crippen molar-refractivity contribution in [3.05, 3.63) is 11.6 Å². The van der Waals surface area contributed by atoms with Crippen LogP contribution in [0.3, 0.4) is 0 Å². The van der Waals surface area contributed by atoms with Gasteiger partial charge in [-0.1, -0.05) is 19.4 Å². The van der Waals surface area contributed by atoms with Crippen molar-refractivity contribution in [2.45, 2.75) is 82.5 Å². The molecule has 5 aliphatic rings. The van der Waals surface area contributed by atoms with Gasteiger partial charge in [-0.3, -0.25) is 9.59 Å². The molecular formula is C24H31NaO7. The largest absolute Gasteiger partial charge is 1.00 e. The third-order valence-corrected chi connectivity index (χ3v) is 9.94. The molecule has 7 nitrogen and oxygen atoms in total. The molecule has 8 atom stereocenters. The molecule has 1 saturated heterocycles. The third kappa shape index (κ3) is 2.94. The summed E-state index contributed by atoms with van der Waals surface area (Å²) in [6, 6.07) is 0. The topological polar surface area (TPSA) is 116 Å². The maximum atomic E-state index is 13.0. The maximum Gasteiger partial charge on any atom is 1.00 e. The fourth-order valence-corrected chi connectivity index (χ4v) is 8.22. The molecule has 0 amide bonds. The summed E-state index contributed by atoms with van der Waals surface area (Å²) in [7, 11) is 1.39. The SMILES string of the molecule is COC(=O)[C@@H]1CC2=CC(=O)CC[C@]2(C)[C@@]23O[C@@H]2C[C@@]2(C)[C@@H](CC[C@@]2(O)CCC(=O)[O-])[C@H]13.[Na+]. The van der Waals surface area contributed by atoms with E-state index in [0.717, 1.165) is 5.57 Å². The Morgan fingerprint density at radius 3 is 2.69 bits per heavy atom. The summed E-state index contributed by atoms with van der Waals surface area (Å²) in [6.45, 7) is 4.21. The predicted octanol–water partition coefficient (Wildman–Crippen LogP) is -1.69. The van der Waals surface area contributed by atoms with Crippen molar-refractivity contribution in [2.24, 2.45) is 28.6 Å². The molecule has 0 aromatic rings. The van der Waals surface area contributed by atoms with Gasteiger partial charge in [-0.25, -0.2) is 0 Å². The molecule has 4 fully saturated rings. The first-order valence-electron chi connectivity index (χ1n) is 11.4. The average Bonchev–Trinajstić information content (AvgIpc) is 3.38. The van der Waals surface area contributed by atoms with Crippen molar-refractivity contribution in [1.82, 2.24) is 0 Å². The third-order valence-electron chi connectivity index (χ3n) is 9.94. The molecule has 3 saturated carbocycles. The zero-order valence-electron chi connectivity index (χ0n) is 19.4. The zero-order chi connectivity index (χ0) is 22.4. The summed E-state index contributed by atoms with van der Waals surface area (Å²) in [5, 5.41) is 22.7. The number of carboxylic acids is 1. The molecule has 0 aromatic carbocycles. The summed E-state index contributed by atoms with van der Waals surface area (Å²) < 4.78 is 11.7. The minimum Gasteiger partial charge on any atom is -0.550 e. The van der Waals surface area contributed by atoms with Crippen molar-refractivity contribution in [3.8, 4) is 0 Å². The van der Waals surface area contributed by atoms with Gasteiger partial charge in [0.15, 0.2) is 5.78 Å². The molecule has 4 aliphatic carbocycles. The monoisotopic (exact) mass is 454 g/mol. The summed E-state index contributed by atoms with van der Waals surface area (Å²) in [5.41, 5.74) is -1.53. The molecule has 32 heavy (non-hydrogen) atoms. The molecule has 1 spiro atoms. The van der Waals surface area contributed by atoms with Crippen LogP contribution < -0.4 is 34.7 Å². The molecule has 8 heteroatoms. The maximum absolute atomic E-state index is 13.0. The first-order valence-corrected chi connectivity index (χ1v) is 11.4. The van der Waals surface area contributed by atoms with Crippen molar-refractivity contribution >= 4 is 17.7 Å². The molecule has 0 unspecified atom stereocenters. The number of carboxylic acid groups (broad SMARTS) is 1. The second-order valence-electron chi connectivity index (χ2n) is 10.9. The fourth-order valence-electron chi connectivity index (χ4n) is 8.22. The number of hydrogen-bond acceptors (Lipinski definition) is 7. The Morgan fingerprint density at radius 2 is 2.03 bits per heavy atom. The van der Waals surface area contributed by atoms with Gasteiger partial charge in [0.25, 0.3) is 0 Å². The van der Waals surface area contributed by atoms with Crippen LogP contribution in [0.4, 0.5) is 0 Å². The molecule has 1 N–H and O–H groups in total. The van der Waals surface area contributed by atoms with E-state index in [-0.39, 0.29) is 77.5 Å². The Labute approximate surface area is 210 Å². The van der Waals surface area contributed by atoms with Crippen molar-refractivity contribution in [1.29, 1.82) is 0 Å². The van der Waals surface area contributed by atoms with E-state index >= 15 is 0 Å². The van der Waals surface area contributed by atoms with E-state index in [1.54, 1.807) is 6.08 Å². The second kappa shape index (κ2) is 7.64. The normalized spacial score (nSPS) is 48.2. The molecule has 0 aromatic heterocycles. The van der Waals surface area contributed by atoms with Crippen LogP contribution in [0.15, 0.2) is 11.6 Å². The average molecular weight is 454 g/mol. The van der Waals surface area contributed by atoms with E-state index in [1.165, 1.54) is 7.11 Å². The molecule has 0 radical (unpaired) electrons. The quantitative estimate of drug-likeness (QED) is 0.306. The van der Waals surface area contributed by atoms with Gasteiger partial charge in [-0.15, -0.1) is 0 Å². The zero-order valence-corrected chi connectivity index (χ0v) is 21.4. The first-order chi connectivity index (χ1) is 14.5. The van der Waals surface area contributed by atoms with Crippen LogP contribution in [0.5, 0.6) is 0 Å². The molecule has 1 aliphatic heterocycles. The summed E-state index contributed by atoms with van der Waals surface area (Å²) >= 11 is 0. The van der Waals surface area contributed by atoms with Crippen LogP contribution in [0.25, 0.3) is 0 Å². The van der Waals surface area contributed by atoms with Crippen molar-refractivity contribution in [3.63, 3.8) is 0 Å². The van der Waals surface area contributed by atoms with Gasteiger partial charge in [0.1, 0.15) is 5.60 Å². The summed E-state index contributed by atoms with van der Waals surface area (Å²) in [5.74, 6) is -1.91. The van der Waals surface area contributed by atoms with Gasteiger partial charge in [0.05, 0.1) is 24.7 Å². The minimum absolute atomic E-state index is 0. The standard InChI is InChI=1S/C24H32O7.Na/c1-21-7-4-14(25)10-13(21)11-15(20(28)30-3)19-16-5-8-23(29,9-6-18(26)27)22(16,2)12-17-24(19,21)31-17;/h10,15-17,19,29H,4-9,11-12H2,1-3H3,(H,26,27);/q;+1/p-1/t15-,16+,17-,19+,21+,22+,23-,24-;/m1./s1. The summed E-state index contributed by atoms with van der Waals surface area (Å²) in [6.07, 6.45) is 5.06. The number of aliphatic carboxylic acids is 1. The molecule has 0 bridgehead atoms. The Bertz CT molecular complexity index is 901. The molecule has 1 heterocycles. The van der Waals surface area contributed by atoms with Gasteiger partial charge in [0, 0.05) is 29.1 Å². The van der Waals surface area contributed by atoms with Crippen LogP contribution in [0.1, 0.15) is 65.2 Å². The van der Waals surface area contributed by atoms with E-state index in [0.29, 0.717) is 38.5 Å². The molecule has 5 rings (SSSR count). The second-order valence-corrected chi connectivity index (χ2v) is 10.9. The number of ether oxygens (including phenoxy) is 2. The van der Waals surface area contributed by atoms with E-state index in [9.17, 15) is 24.6 Å². The number of carbonyl (C=O) groups is 3. The van der Waals surface area contributed by atoms with Crippen LogP contribution in [-0.2, 0) is 23.9 Å². The Kier molecular flexibility index (Phi) is 5.82. The van der Waals surface area contributed by atoms with Crippen molar-refractivity contribution in [2.75, 3.05) is 7.11 Å². The van der Waals surface area contributed by atoms with Crippen LogP contribution in [-0.4, -0.2) is 47.2 Å². The number of carbonyl (C=O) groups excluding carboxylic acids is 3. The van der Waals surface area contributed by atoms with E-state index < -0.39 is 28.5 Å². The van der Waals surface area contributed by atoms with E-state index in [1.807, 2.05) is 6.92 Å². The van der Waals surface area contributed by atoms with Gasteiger partial charge in [-0.2, -0.15) is 0 Å². The van der Waals surface area contributed by atoms with Gasteiger partial charge in [-0.05, 0) is 56.9 Å². The minimum atomic E-state index is -1.16. The number of rotatable bonds is 4. The Morgan fingerprint density at radius 1 is 1.31 bits per heavy atom. The number of esters is 1.